The first kappa shape index (κ1) is 15.2. The predicted molar refractivity (Wildman–Crippen MR) is 73.2 cm³/mol. The van der Waals surface area contributed by atoms with Crippen LogP contribution in [0.3, 0.4) is 0 Å². The van der Waals surface area contributed by atoms with E-state index in [1.54, 1.807) is 6.33 Å². The third-order valence-electron chi connectivity index (χ3n) is 2.73. The average Bonchev–Trinajstić information content (AvgIpc) is 2.68. The Morgan fingerprint density at radius 3 is 2.72 bits per heavy atom. The third-order valence-corrected chi connectivity index (χ3v) is 3.76. The lowest BCUT2D eigenvalue weighted by atomic mass is 10.1. The number of aryl methyl sites for hydroxylation is 1. The van der Waals surface area contributed by atoms with Crippen LogP contribution in [-0.2, 0) is 16.9 Å². The molecule has 1 heterocycles. The van der Waals surface area contributed by atoms with E-state index in [9.17, 15) is 8.42 Å². The summed E-state index contributed by atoms with van der Waals surface area (Å²) in [7, 11) is -0.936. The van der Waals surface area contributed by atoms with Crippen molar-refractivity contribution in [1.82, 2.24) is 14.9 Å². The van der Waals surface area contributed by atoms with Crippen LogP contribution in [-0.4, -0.2) is 36.5 Å². The van der Waals surface area contributed by atoms with Crippen LogP contribution in [0.4, 0.5) is 0 Å². The summed E-state index contributed by atoms with van der Waals surface area (Å²) in [6.07, 6.45) is 7.54. The van der Waals surface area contributed by atoms with Crippen LogP contribution in [0.2, 0.25) is 0 Å². The number of hydrogen-bond donors (Lipinski definition) is 1. The maximum absolute atomic E-state index is 11.1. The van der Waals surface area contributed by atoms with Crippen molar-refractivity contribution in [2.24, 2.45) is 7.05 Å². The van der Waals surface area contributed by atoms with E-state index in [4.69, 9.17) is 0 Å². The summed E-state index contributed by atoms with van der Waals surface area (Å²) in [5.74, 6) is 0.240. The maximum atomic E-state index is 11.1. The van der Waals surface area contributed by atoms with E-state index in [-0.39, 0.29) is 11.8 Å². The monoisotopic (exact) mass is 273 g/mol. The number of rotatable bonds is 8. The molecule has 0 aliphatic heterocycles. The lowest BCUT2D eigenvalue weighted by molar-refractivity contribution is 0.484. The molecule has 1 atom stereocenters. The Morgan fingerprint density at radius 2 is 2.22 bits per heavy atom. The fraction of sp³-hybridized carbons (Fsp3) is 0.750. The van der Waals surface area contributed by atoms with E-state index in [0.717, 1.165) is 25.1 Å². The second-order valence-electron chi connectivity index (χ2n) is 4.74. The molecule has 0 aliphatic rings. The van der Waals surface area contributed by atoms with Gasteiger partial charge in [-0.05, 0) is 25.8 Å². The van der Waals surface area contributed by atoms with E-state index in [1.165, 1.54) is 6.26 Å². The smallest absolute Gasteiger partial charge is 0.147 e. The summed E-state index contributed by atoms with van der Waals surface area (Å²) in [6, 6.07) is 0.146. The third kappa shape index (κ3) is 5.64. The molecule has 1 N–H and O–H groups in total. The summed E-state index contributed by atoms with van der Waals surface area (Å²) >= 11 is 0. The molecular formula is C12H23N3O2S. The number of nitrogens with zero attached hydrogens (tertiary/aromatic N) is 2. The zero-order valence-corrected chi connectivity index (χ0v) is 12.2. The summed E-state index contributed by atoms with van der Waals surface area (Å²) in [4.78, 5) is 4.34. The van der Waals surface area contributed by atoms with Gasteiger partial charge in [0.1, 0.15) is 9.84 Å². The number of aromatic nitrogens is 2. The quantitative estimate of drug-likeness (QED) is 0.775. The lowest BCUT2D eigenvalue weighted by Gasteiger charge is -2.16. The molecule has 0 saturated heterocycles. The Labute approximate surface area is 110 Å². The van der Waals surface area contributed by atoms with Crippen LogP contribution in [0.1, 0.15) is 37.9 Å². The van der Waals surface area contributed by atoms with Gasteiger partial charge < -0.3 is 9.88 Å². The second kappa shape index (κ2) is 6.89. The first-order valence-corrected chi connectivity index (χ1v) is 8.37. The van der Waals surface area contributed by atoms with E-state index in [2.05, 4.69) is 17.2 Å². The van der Waals surface area contributed by atoms with Crippen molar-refractivity contribution in [2.45, 2.75) is 32.2 Å². The minimum absolute atomic E-state index is 0.146. The molecule has 0 fully saturated rings. The summed E-state index contributed by atoms with van der Waals surface area (Å²) < 4.78 is 24.2. The Kier molecular flexibility index (Phi) is 5.81. The number of hydrogen-bond acceptors (Lipinski definition) is 4. The highest BCUT2D eigenvalue weighted by molar-refractivity contribution is 7.90. The fourth-order valence-electron chi connectivity index (χ4n) is 1.84. The van der Waals surface area contributed by atoms with Crippen LogP contribution >= 0.6 is 0 Å². The van der Waals surface area contributed by atoms with Gasteiger partial charge in [0.2, 0.25) is 0 Å². The minimum Gasteiger partial charge on any atom is -0.340 e. The normalized spacial score (nSPS) is 13.7. The molecule has 0 amide bonds. The largest absolute Gasteiger partial charge is 0.340 e. The standard InChI is InChI=1S/C12H23N3O2S/c1-4-7-13-11(6-5-8-18(3,16)17)12-9-15(2)10-14-12/h9-11,13H,4-8H2,1-3H3. The van der Waals surface area contributed by atoms with Gasteiger partial charge in [-0.15, -0.1) is 0 Å². The minimum atomic E-state index is -2.87. The Bertz CT molecular complexity index is 454. The van der Waals surface area contributed by atoms with Crippen LogP contribution in [0.5, 0.6) is 0 Å². The maximum Gasteiger partial charge on any atom is 0.147 e. The lowest BCUT2D eigenvalue weighted by Crippen LogP contribution is -2.23. The molecular weight excluding hydrogens is 250 g/mol. The molecule has 5 nitrogen and oxygen atoms in total. The molecule has 0 bridgehead atoms. The van der Waals surface area contributed by atoms with Crippen molar-refractivity contribution in [3.05, 3.63) is 18.2 Å². The molecule has 104 valence electrons. The summed E-state index contributed by atoms with van der Waals surface area (Å²) in [6.45, 7) is 3.03. The van der Waals surface area contributed by atoms with E-state index in [0.29, 0.717) is 6.42 Å². The molecule has 1 unspecified atom stereocenters. The predicted octanol–water partition coefficient (Wildman–Crippen LogP) is 1.29. The van der Waals surface area contributed by atoms with Gasteiger partial charge in [-0.1, -0.05) is 6.92 Å². The van der Waals surface area contributed by atoms with E-state index >= 15 is 0 Å². The van der Waals surface area contributed by atoms with Crippen molar-refractivity contribution in [3.63, 3.8) is 0 Å². The number of sulfone groups is 1. The Hall–Kier alpha value is -0.880. The van der Waals surface area contributed by atoms with Crippen LogP contribution in [0, 0.1) is 0 Å². The summed E-state index contributed by atoms with van der Waals surface area (Å²) in [5, 5.41) is 3.41. The van der Waals surface area contributed by atoms with Gasteiger partial charge in [0.05, 0.1) is 18.1 Å². The van der Waals surface area contributed by atoms with Gasteiger partial charge in [-0.2, -0.15) is 0 Å². The zero-order chi connectivity index (χ0) is 13.6. The van der Waals surface area contributed by atoms with Crippen LogP contribution in [0.25, 0.3) is 0 Å². The van der Waals surface area contributed by atoms with Gasteiger partial charge >= 0.3 is 0 Å². The molecule has 0 aliphatic carbocycles. The molecule has 0 saturated carbocycles. The molecule has 18 heavy (non-hydrogen) atoms. The molecule has 6 heteroatoms. The number of nitrogens with one attached hydrogen (secondary N) is 1. The molecule has 1 aromatic rings. The van der Waals surface area contributed by atoms with Gasteiger partial charge in [0, 0.05) is 25.3 Å². The SMILES string of the molecule is CCCNC(CCCS(C)(=O)=O)c1cn(C)cn1. The first-order chi connectivity index (χ1) is 8.42. The van der Waals surface area contributed by atoms with Crippen molar-refractivity contribution in [3.8, 4) is 0 Å². The van der Waals surface area contributed by atoms with Crippen molar-refractivity contribution in [2.75, 3.05) is 18.6 Å². The van der Waals surface area contributed by atoms with Crippen LogP contribution < -0.4 is 5.32 Å². The van der Waals surface area contributed by atoms with Crippen molar-refractivity contribution >= 4 is 9.84 Å². The van der Waals surface area contributed by atoms with Crippen LogP contribution in [0.15, 0.2) is 12.5 Å². The molecule has 1 rings (SSSR count). The van der Waals surface area contributed by atoms with Crippen molar-refractivity contribution in [1.29, 1.82) is 0 Å². The highest BCUT2D eigenvalue weighted by Gasteiger charge is 2.14. The fourth-order valence-corrected chi connectivity index (χ4v) is 2.53. The topological polar surface area (TPSA) is 64.0 Å². The summed E-state index contributed by atoms with van der Waals surface area (Å²) in [5.41, 5.74) is 0.986. The molecule has 0 spiro atoms. The van der Waals surface area contributed by atoms with Gasteiger partial charge in [0.25, 0.3) is 0 Å². The second-order valence-corrected chi connectivity index (χ2v) is 7.00. The Balaban J connectivity index is 2.56. The van der Waals surface area contributed by atoms with Gasteiger partial charge in [0.15, 0.2) is 0 Å². The van der Waals surface area contributed by atoms with E-state index < -0.39 is 9.84 Å². The van der Waals surface area contributed by atoms with E-state index in [1.807, 2.05) is 17.8 Å². The first-order valence-electron chi connectivity index (χ1n) is 6.31. The Morgan fingerprint density at radius 1 is 1.50 bits per heavy atom. The number of imidazole rings is 1. The highest BCUT2D eigenvalue weighted by atomic mass is 32.2. The van der Waals surface area contributed by atoms with Gasteiger partial charge in [-0.25, -0.2) is 13.4 Å². The molecule has 0 aromatic carbocycles. The van der Waals surface area contributed by atoms with Crippen molar-refractivity contribution < 1.29 is 8.42 Å². The zero-order valence-electron chi connectivity index (χ0n) is 11.4. The molecule has 1 aromatic heterocycles. The van der Waals surface area contributed by atoms with Gasteiger partial charge in [-0.3, -0.25) is 0 Å². The molecule has 0 radical (unpaired) electrons. The highest BCUT2D eigenvalue weighted by Crippen LogP contribution is 2.16. The average molecular weight is 273 g/mol.